The van der Waals surface area contributed by atoms with Gasteiger partial charge in [0, 0.05) is 0 Å². The van der Waals surface area contributed by atoms with E-state index in [0.717, 1.165) is 23.4 Å². The lowest BCUT2D eigenvalue weighted by atomic mass is 10.1. The van der Waals surface area contributed by atoms with Gasteiger partial charge >= 0.3 is 0 Å². The van der Waals surface area contributed by atoms with Crippen LogP contribution in [-0.4, -0.2) is 34.1 Å². The summed E-state index contributed by atoms with van der Waals surface area (Å²) in [5.41, 5.74) is 1.41. The van der Waals surface area contributed by atoms with Gasteiger partial charge in [-0.05, 0) is 66.1 Å². The monoisotopic (exact) mass is 486 g/mol. The van der Waals surface area contributed by atoms with Crippen LogP contribution in [0.5, 0.6) is 11.5 Å². The number of rotatable bonds is 7. The predicted octanol–water partition coefficient (Wildman–Crippen LogP) is 5.49. The van der Waals surface area contributed by atoms with E-state index >= 15 is 0 Å². The number of aliphatic imine (C=N–C) groups is 1. The van der Waals surface area contributed by atoms with Crippen molar-refractivity contribution < 1.29 is 18.7 Å². The zero-order valence-electron chi connectivity index (χ0n) is 17.9. The first kappa shape index (κ1) is 23.0. The molecule has 2 aromatic rings. The van der Waals surface area contributed by atoms with Crippen LogP contribution in [0.2, 0.25) is 5.02 Å². The fourth-order valence-corrected chi connectivity index (χ4v) is 4.47. The minimum Gasteiger partial charge on any atom is -0.493 e. The second-order valence-electron chi connectivity index (χ2n) is 7.21. The van der Waals surface area contributed by atoms with Crippen molar-refractivity contribution in [2.45, 2.75) is 26.4 Å². The molecule has 1 amide bonds. The molecule has 0 radical (unpaired) electrons. The highest BCUT2D eigenvalue weighted by Gasteiger charge is 2.35. The van der Waals surface area contributed by atoms with Crippen molar-refractivity contribution in [3.05, 3.63) is 63.9 Å². The summed E-state index contributed by atoms with van der Waals surface area (Å²) in [6.45, 7) is 2.20. The number of benzene rings is 2. The molecule has 2 heterocycles. The zero-order valence-corrected chi connectivity index (χ0v) is 19.5. The predicted molar refractivity (Wildman–Crippen MR) is 129 cm³/mol. The van der Waals surface area contributed by atoms with Crippen molar-refractivity contribution >= 4 is 51.4 Å². The molecule has 0 atom stereocenters. The molecule has 2 aliphatic heterocycles. The van der Waals surface area contributed by atoms with Crippen LogP contribution >= 0.6 is 23.4 Å². The van der Waals surface area contributed by atoms with Gasteiger partial charge in [0.05, 0.1) is 17.7 Å². The third-order valence-electron chi connectivity index (χ3n) is 4.82. The zero-order chi connectivity index (χ0) is 23.5. The maximum Gasteiger partial charge on any atom is 0.283 e. The number of hydrogen-bond acceptors (Lipinski definition) is 6. The number of carbonyl (C=O) groups excluding carboxylic acids is 1. The van der Waals surface area contributed by atoms with Gasteiger partial charge in [0.2, 0.25) is 5.17 Å². The summed E-state index contributed by atoms with van der Waals surface area (Å²) in [4.78, 5) is 16.7. The molecule has 0 bridgehead atoms. The Hall–Kier alpha value is -3.17. The fraction of sp³-hybridized carbons (Fsp3) is 0.217. The van der Waals surface area contributed by atoms with E-state index in [1.165, 1.54) is 42.1 Å². The summed E-state index contributed by atoms with van der Waals surface area (Å²) in [6, 6.07) is 9.21. The van der Waals surface area contributed by atoms with E-state index in [0.29, 0.717) is 22.2 Å². The van der Waals surface area contributed by atoms with Gasteiger partial charge in [-0.1, -0.05) is 30.7 Å². The van der Waals surface area contributed by atoms with Crippen molar-refractivity contribution in [3.63, 3.8) is 0 Å². The van der Waals surface area contributed by atoms with Crippen molar-refractivity contribution in [1.29, 1.82) is 5.41 Å². The Morgan fingerprint density at radius 2 is 2.03 bits per heavy atom. The Morgan fingerprint density at radius 1 is 1.27 bits per heavy atom. The molecular formula is C23H20ClFN4O3S. The third-order valence-corrected chi connectivity index (χ3v) is 6.07. The smallest absolute Gasteiger partial charge is 0.283 e. The Labute approximate surface area is 199 Å². The third kappa shape index (κ3) is 4.94. The van der Waals surface area contributed by atoms with E-state index in [-0.39, 0.29) is 28.9 Å². The maximum absolute atomic E-state index is 13.1. The van der Waals surface area contributed by atoms with E-state index in [1.807, 2.05) is 6.92 Å². The average molecular weight is 487 g/mol. The quantitative estimate of drug-likeness (QED) is 0.523. The van der Waals surface area contributed by atoms with Gasteiger partial charge in [-0.15, -0.1) is 0 Å². The summed E-state index contributed by atoms with van der Waals surface area (Å²) in [5.74, 6) is -0.212. The van der Waals surface area contributed by atoms with Gasteiger partial charge in [-0.3, -0.25) is 10.2 Å². The average Bonchev–Trinajstić information content (AvgIpc) is 3.19. The first-order chi connectivity index (χ1) is 15.9. The van der Waals surface area contributed by atoms with E-state index in [9.17, 15) is 9.18 Å². The minimum atomic E-state index is -0.515. The van der Waals surface area contributed by atoms with E-state index in [1.54, 1.807) is 24.3 Å². The summed E-state index contributed by atoms with van der Waals surface area (Å²) in [7, 11) is 1.48. The highest BCUT2D eigenvalue weighted by molar-refractivity contribution is 8.26. The van der Waals surface area contributed by atoms with Crippen molar-refractivity contribution in [2.75, 3.05) is 7.11 Å². The summed E-state index contributed by atoms with van der Waals surface area (Å²) in [5, 5.41) is 15.7. The second kappa shape index (κ2) is 9.76. The van der Waals surface area contributed by atoms with Gasteiger partial charge in [0.15, 0.2) is 17.3 Å². The maximum atomic E-state index is 13.1. The number of nitrogens with one attached hydrogen (secondary N) is 1. The summed E-state index contributed by atoms with van der Waals surface area (Å²) >= 11 is 7.75. The largest absolute Gasteiger partial charge is 0.493 e. The number of methoxy groups -OCH3 is 1. The lowest BCUT2D eigenvalue weighted by molar-refractivity contribution is -0.114. The molecule has 0 unspecified atom stereocenters. The molecule has 33 heavy (non-hydrogen) atoms. The summed E-state index contributed by atoms with van der Waals surface area (Å²) in [6.07, 6.45) is 3.19. The molecule has 0 saturated carbocycles. The molecule has 0 fully saturated rings. The minimum absolute atomic E-state index is 0.0460. The number of fused-ring (bicyclic) bond motifs is 1. The van der Waals surface area contributed by atoms with Crippen LogP contribution in [0.15, 0.2) is 52.1 Å². The molecule has 10 heteroatoms. The first-order valence-corrected chi connectivity index (χ1v) is 11.3. The van der Waals surface area contributed by atoms with Gasteiger partial charge in [0.25, 0.3) is 5.91 Å². The molecule has 0 aromatic heterocycles. The molecule has 4 rings (SSSR count). The SMILES string of the molecule is CCCC1=NN2C(=N)C(=Cc3cc(Cl)c(OCc4ccc(F)cc4)c(OC)c3)C(=O)N=C2S1. The second-order valence-corrected chi connectivity index (χ2v) is 8.66. The normalized spacial score (nSPS) is 16.6. The number of ether oxygens (including phenoxy) is 2. The van der Waals surface area contributed by atoms with Gasteiger partial charge in [-0.25, -0.2) is 4.39 Å². The van der Waals surface area contributed by atoms with Crippen molar-refractivity contribution in [1.82, 2.24) is 5.01 Å². The Morgan fingerprint density at radius 3 is 2.73 bits per heavy atom. The standard InChI is InChI=1S/C23H20ClFN4O3S/c1-3-4-19-28-29-21(26)16(22(30)27-23(29)33-19)9-14-10-17(24)20(18(11-14)31-2)32-12-13-5-7-15(25)8-6-13/h5-11,26H,3-4,12H2,1-2H3. The molecule has 0 spiro atoms. The van der Waals surface area contributed by atoms with Crippen LogP contribution in [0.3, 0.4) is 0 Å². The number of amidine groups is 2. The van der Waals surface area contributed by atoms with Crippen LogP contribution in [0.25, 0.3) is 6.08 Å². The highest BCUT2D eigenvalue weighted by Crippen LogP contribution is 2.38. The van der Waals surface area contributed by atoms with Crippen LogP contribution < -0.4 is 9.47 Å². The lowest BCUT2D eigenvalue weighted by Crippen LogP contribution is -2.35. The topological polar surface area (TPSA) is 87.3 Å². The van der Waals surface area contributed by atoms with Crippen molar-refractivity contribution in [2.24, 2.45) is 10.1 Å². The van der Waals surface area contributed by atoms with Crippen LogP contribution in [0.1, 0.15) is 30.9 Å². The van der Waals surface area contributed by atoms with Gasteiger partial charge < -0.3 is 9.47 Å². The molecule has 0 saturated heterocycles. The molecule has 1 N–H and O–H groups in total. The van der Waals surface area contributed by atoms with Crippen molar-refractivity contribution in [3.8, 4) is 11.5 Å². The highest BCUT2D eigenvalue weighted by atomic mass is 35.5. The lowest BCUT2D eigenvalue weighted by Gasteiger charge is -2.20. The van der Waals surface area contributed by atoms with Crippen LogP contribution in [-0.2, 0) is 11.4 Å². The number of amides is 1. The summed E-state index contributed by atoms with van der Waals surface area (Å²) < 4.78 is 24.3. The van der Waals surface area contributed by atoms with E-state index in [4.69, 9.17) is 26.5 Å². The number of thioether (sulfide) groups is 1. The molecular weight excluding hydrogens is 467 g/mol. The van der Waals surface area contributed by atoms with E-state index < -0.39 is 5.91 Å². The van der Waals surface area contributed by atoms with Gasteiger partial charge in [0.1, 0.15) is 17.5 Å². The Kier molecular flexibility index (Phi) is 6.80. The first-order valence-electron chi connectivity index (χ1n) is 10.1. The number of hydrogen-bond donors (Lipinski definition) is 1. The van der Waals surface area contributed by atoms with Gasteiger partial charge in [-0.2, -0.15) is 15.1 Å². The number of hydrazone groups is 1. The van der Waals surface area contributed by atoms with Crippen LogP contribution in [0, 0.1) is 11.2 Å². The fourth-order valence-electron chi connectivity index (χ4n) is 3.21. The number of carbonyl (C=O) groups is 1. The van der Waals surface area contributed by atoms with E-state index in [2.05, 4.69) is 10.1 Å². The molecule has 2 aliphatic rings. The molecule has 2 aromatic carbocycles. The Balaban J connectivity index is 1.59. The number of nitrogens with zero attached hydrogens (tertiary/aromatic N) is 3. The number of halogens is 2. The Bertz CT molecular complexity index is 1210. The molecule has 7 nitrogen and oxygen atoms in total. The molecule has 170 valence electrons. The molecule has 0 aliphatic carbocycles. The van der Waals surface area contributed by atoms with Crippen LogP contribution in [0.4, 0.5) is 4.39 Å².